The third-order valence-corrected chi connectivity index (χ3v) is 2.59. The summed E-state index contributed by atoms with van der Waals surface area (Å²) in [5.74, 6) is 0.804. The van der Waals surface area contributed by atoms with E-state index in [1.54, 1.807) is 12.4 Å². The Labute approximate surface area is 94.0 Å². The molecule has 0 aromatic carbocycles. The van der Waals surface area contributed by atoms with Crippen molar-refractivity contribution in [2.24, 2.45) is 0 Å². The predicted octanol–water partition coefficient (Wildman–Crippen LogP) is 1.59. The summed E-state index contributed by atoms with van der Waals surface area (Å²) >= 11 is 0. The third kappa shape index (κ3) is 1.71. The Morgan fingerprint density at radius 1 is 1.00 bits per heavy atom. The molecule has 2 aromatic rings. The molecule has 16 heavy (non-hydrogen) atoms. The molecule has 1 N–H and O–H groups in total. The van der Waals surface area contributed by atoms with E-state index in [0.29, 0.717) is 0 Å². The highest BCUT2D eigenvalue weighted by Gasteiger charge is 2.10. The molecule has 5 heteroatoms. The molecule has 0 fully saturated rings. The SMILES string of the molecule is CNc1nnc(-c2cncnc2)c(C)c1C. The van der Waals surface area contributed by atoms with Gasteiger partial charge in [-0.2, -0.15) is 0 Å². The molecular weight excluding hydrogens is 202 g/mol. The van der Waals surface area contributed by atoms with Crippen LogP contribution in [-0.4, -0.2) is 27.2 Å². The maximum absolute atomic E-state index is 4.19. The monoisotopic (exact) mass is 215 g/mol. The van der Waals surface area contributed by atoms with Crippen molar-refractivity contribution >= 4 is 5.82 Å². The first-order valence-corrected chi connectivity index (χ1v) is 5.01. The third-order valence-electron chi connectivity index (χ3n) is 2.59. The van der Waals surface area contributed by atoms with Gasteiger partial charge in [0.25, 0.3) is 0 Å². The van der Waals surface area contributed by atoms with Gasteiger partial charge in [-0.05, 0) is 25.0 Å². The van der Waals surface area contributed by atoms with Gasteiger partial charge >= 0.3 is 0 Å². The summed E-state index contributed by atoms with van der Waals surface area (Å²) < 4.78 is 0. The van der Waals surface area contributed by atoms with Crippen molar-refractivity contribution < 1.29 is 0 Å². The molecule has 2 aromatic heterocycles. The van der Waals surface area contributed by atoms with Gasteiger partial charge in [-0.25, -0.2) is 9.97 Å². The molecule has 0 unspecified atom stereocenters. The molecule has 0 atom stereocenters. The summed E-state index contributed by atoms with van der Waals surface area (Å²) in [5.41, 5.74) is 3.90. The van der Waals surface area contributed by atoms with Gasteiger partial charge in [-0.15, -0.1) is 10.2 Å². The summed E-state index contributed by atoms with van der Waals surface area (Å²) in [6.07, 6.45) is 4.98. The molecule has 82 valence electrons. The molecular formula is C11H13N5. The molecule has 0 saturated heterocycles. The quantitative estimate of drug-likeness (QED) is 0.824. The summed E-state index contributed by atoms with van der Waals surface area (Å²) in [6.45, 7) is 4.04. The van der Waals surface area contributed by atoms with Gasteiger partial charge in [0.15, 0.2) is 5.82 Å². The fraction of sp³-hybridized carbons (Fsp3) is 0.273. The van der Waals surface area contributed by atoms with Crippen LogP contribution in [0.4, 0.5) is 5.82 Å². The number of nitrogens with one attached hydrogen (secondary N) is 1. The van der Waals surface area contributed by atoms with Gasteiger partial charge in [0.05, 0.1) is 5.69 Å². The summed E-state index contributed by atoms with van der Waals surface area (Å²) in [7, 11) is 1.84. The Balaban J connectivity index is 2.56. The van der Waals surface area contributed by atoms with E-state index in [4.69, 9.17) is 0 Å². The van der Waals surface area contributed by atoms with E-state index < -0.39 is 0 Å². The minimum atomic E-state index is 0.804. The molecule has 0 amide bonds. The van der Waals surface area contributed by atoms with Crippen molar-refractivity contribution in [3.8, 4) is 11.3 Å². The largest absolute Gasteiger partial charge is 0.371 e. The van der Waals surface area contributed by atoms with Gasteiger partial charge in [0.1, 0.15) is 6.33 Å². The summed E-state index contributed by atoms with van der Waals surface area (Å²) in [4.78, 5) is 7.96. The number of hydrogen-bond donors (Lipinski definition) is 1. The fourth-order valence-electron chi connectivity index (χ4n) is 1.54. The van der Waals surface area contributed by atoms with Crippen LogP contribution in [0.15, 0.2) is 18.7 Å². The number of nitrogens with zero attached hydrogens (tertiary/aromatic N) is 4. The Morgan fingerprint density at radius 3 is 2.31 bits per heavy atom. The first-order valence-electron chi connectivity index (χ1n) is 5.01. The van der Waals surface area contributed by atoms with Gasteiger partial charge in [0.2, 0.25) is 0 Å². The van der Waals surface area contributed by atoms with E-state index in [0.717, 1.165) is 28.2 Å². The number of hydrogen-bond acceptors (Lipinski definition) is 5. The van der Waals surface area contributed by atoms with Crippen LogP contribution in [0.2, 0.25) is 0 Å². The molecule has 0 aliphatic heterocycles. The lowest BCUT2D eigenvalue weighted by molar-refractivity contribution is 0.998. The van der Waals surface area contributed by atoms with Crippen molar-refractivity contribution in [1.82, 2.24) is 20.2 Å². The van der Waals surface area contributed by atoms with Crippen LogP contribution in [0.25, 0.3) is 11.3 Å². The second kappa shape index (κ2) is 4.22. The normalized spacial score (nSPS) is 10.2. The van der Waals surface area contributed by atoms with Crippen LogP contribution >= 0.6 is 0 Å². The zero-order valence-electron chi connectivity index (χ0n) is 9.52. The zero-order valence-corrected chi connectivity index (χ0v) is 9.52. The van der Waals surface area contributed by atoms with Crippen LogP contribution in [0, 0.1) is 13.8 Å². The predicted molar refractivity (Wildman–Crippen MR) is 62.1 cm³/mol. The molecule has 5 nitrogen and oxygen atoms in total. The topological polar surface area (TPSA) is 63.6 Å². The van der Waals surface area contributed by atoms with Crippen LogP contribution in [0.3, 0.4) is 0 Å². The number of anilines is 1. The minimum absolute atomic E-state index is 0.804. The molecule has 0 radical (unpaired) electrons. The van der Waals surface area contributed by atoms with Crippen LogP contribution < -0.4 is 5.32 Å². The lowest BCUT2D eigenvalue weighted by Crippen LogP contribution is -2.02. The van der Waals surface area contributed by atoms with E-state index in [1.807, 2.05) is 20.9 Å². The van der Waals surface area contributed by atoms with Crippen molar-refractivity contribution in [2.75, 3.05) is 12.4 Å². The first kappa shape index (κ1) is 10.5. The Kier molecular flexibility index (Phi) is 2.76. The second-order valence-electron chi connectivity index (χ2n) is 3.52. The maximum Gasteiger partial charge on any atom is 0.151 e. The van der Waals surface area contributed by atoms with E-state index in [9.17, 15) is 0 Å². The van der Waals surface area contributed by atoms with E-state index in [2.05, 4.69) is 25.5 Å². The highest BCUT2D eigenvalue weighted by atomic mass is 15.2. The Bertz CT molecular complexity index is 495. The number of rotatable bonds is 2. The van der Waals surface area contributed by atoms with Crippen LogP contribution in [0.5, 0.6) is 0 Å². The zero-order chi connectivity index (χ0) is 11.5. The average molecular weight is 215 g/mol. The molecule has 2 rings (SSSR count). The second-order valence-corrected chi connectivity index (χ2v) is 3.52. The van der Waals surface area contributed by atoms with Gasteiger partial charge in [-0.3, -0.25) is 0 Å². The first-order chi connectivity index (χ1) is 7.74. The molecule has 2 heterocycles. The fourth-order valence-corrected chi connectivity index (χ4v) is 1.54. The lowest BCUT2D eigenvalue weighted by Gasteiger charge is -2.09. The van der Waals surface area contributed by atoms with Crippen molar-refractivity contribution in [2.45, 2.75) is 13.8 Å². The highest BCUT2D eigenvalue weighted by molar-refractivity contribution is 5.64. The molecule has 0 saturated carbocycles. The van der Waals surface area contributed by atoms with E-state index in [1.165, 1.54) is 6.33 Å². The Morgan fingerprint density at radius 2 is 1.69 bits per heavy atom. The van der Waals surface area contributed by atoms with Crippen molar-refractivity contribution in [3.63, 3.8) is 0 Å². The van der Waals surface area contributed by atoms with Gasteiger partial charge in [0, 0.05) is 25.0 Å². The van der Waals surface area contributed by atoms with Gasteiger partial charge < -0.3 is 5.32 Å². The molecule has 0 bridgehead atoms. The van der Waals surface area contributed by atoms with Gasteiger partial charge in [-0.1, -0.05) is 0 Å². The molecule has 0 aliphatic carbocycles. The van der Waals surface area contributed by atoms with Crippen LogP contribution in [0.1, 0.15) is 11.1 Å². The highest BCUT2D eigenvalue weighted by Crippen LogP contribution is 2.24. The summed E-state index contributed by atoms with van der Waals surface area (Å²) in [6, 6.07) is 0. The average Bonchev–Trinajstić information content (AvgIpc) is 2.34. The molecule has 0 aliphatic rings. The Hall–Kier alpha value is -2.04. The summed E-state index contributed by atoms with van der Waals surface area (Å²) in [5, 5.41) is 11.3. The van der Waals surface area contributed by atoms with Crippen LogP contribution in [-0.2, 0) is 0 Å². The maximum atomic E-state index is 4.19. The molecule has 0 spiro atoms. The van der Waals surface area contributed by atoms with E-state index in [-0.39, 0.29) is 0 Å². The number of aromatic nitrogens is 4. The standard InChI is InChI=1S/C11H13N5/c1-7-8(2)11(12-3)16-15-10(7)9-4-13-6-14-5-9/h4-6H,1-3H3,(H,12,16). The van der Waals surface area contributed by atoms with E-state index >= 15 is 0 Å². The smallest absolute Gasteiger partial charge is 0.151 e. The minimum Gasteiger partial charge on any atom is -0.371 e. The lowest BCUT2D eigenvalue weighted by atomic mass is 10.1. The van der Waals surface area contributed by atoms with Crippen molar-refractivity contribution in [3.05, 3.63) is 29.8 Å². The van der Waals surface area contributed by atoms with Crippen molar-refractivity contribution in [1.29, 1.82) is 0 Å².